The molecule has 0 saturated carbocycles. The molecule has 1 aromatic carbocycles. The number of rotatable bonds is 3. The average Bonchev–Trinajstić information content (AvgIpc) is 2.82. The topological polar surface area (TPSA) is 45.2 Å². The maximum atomic E-state index is 10.3. The van der Waals surface area contributed by atoms with Gasteiger partial charge in [-0.15, -0.1) is 11.3 Å². The van der Waals surface area contributed by atoms with Gasteiger partial charge in [-0.05, 0) is 44.0 Å². The minimum Gasteiger partial charge on any atom is -0.392 e. The van der Waals surface area contributed by atoms with E-state index in [0.29, 0.717) is 12.3 Å². The van der Waals surface area contributed by atoms with Crippen LogP contribution in [0.3, 0.4) is 0 Å². The monoisotopic (exact) mass is 262 g/mol. The lowest BCUT2D eigenvalue weighted by Gasteiger charge is -2.26. The normalized spacial score (nSPS) is 19.2. The lowest BCUT2D eigenvalue weighted by Crippen LogP contribution is -2.34. The number of aliphatic hydroxyl groups excluding tert-OH is 1. The molecule has 3 nitrogen and oxygen atoms in total. The van der Waals surface area contributed by atoms with Gasteiger partial charge in [-0.25, -0.2) is 4.98 Å². The summed E-state index contributed by atoms with van der Waals surface area (Å²) in [5.74, 6) is 0.429. The molecule has 1 aliphatic heterocycles. The Balaban J connectivity index is 1.71. The molecule has 0 amide bonds. The molecule has 1 fully saturated rings. The second kappa shape index (κ2) is 5.34. The fourth-order valence-corrected chi connectivity index (χ4v) is 3.60. The Bertz CT molecular complexity index is 486. The van der Waals surface area contributed by atoms with Gasteiger partial charge in [0.05, 0.1) is 21.3 Å². The molecule has 1 aliphatic rings. The first kappa shape index (κ1) is 12.1. The molecule has 2 N–H and O–H groups in total. The number of para-hydroxylation sites is 1. The van der Waals surface area contributed by atoms with E-state index in [1.54, 1.807) is 11.3 Å². The van der Waals surface area contributed by atoms with Crippen LogP contribution in [0.25, 0.3) is 10.2 Å². The first-order chi connectivity index (χ1) is 8.83. The van der Waals surface area contributed by atoms with Crippen molar-refractivity contribution in [2.75, 3.05) is 13.1 Å². The quantitative estimate of drug-likeness (QED) is 0.891. The third-order valence-corrected chi connectivity index (χ3v) is 4.71. The highest BCUT2D eigenvalue weighted by Gasteiger charge is 2.22. The number of aliphatic hydroxyl groups is 1. The predicted octanol–water partition coefficient (Wildman–Crippen LogP) is 2.20. The fourth-order valence-electron chi connectivity index (χ4n) is 2.58. The fraction of sp³-hybridized carbons (Fsp3) is 0.500. The Morgan fingerprint density at radius 3 is 2.89 bits per heavy atom. The van der Waals surface area contributed by atoms with Gasteiger partial charge in [-0.2, -0.15) is 0 Å². The van der Waals surface area contributed by atoms with Gasteiger partial charge in [-0.1, -0.05) is 12.1 Å². The highest BCUT2D eigenvalue weighted by atomic mass is 32.1. The van der Waals surface area contributed by atoms with Crippen molar-refractivity contribution < 1.29 is 5.11 Å². The number of nitrogens with zero attached hydrogens (tertiary/aromatic N) is 1. The van der Waals surface area contributed by atoms with Crippen molar-refractivity contribution in [2.24, 2.45) is 5.92 Å². The second-order valence-corrected chi connectivity index (χ2v) is 6.05. The van der Waals surface area contributed by atoms with Gasteiger partial charge in [0.2, 0.25) is 0 Å². The van der Waals surface area contributed by atoms with E-state index in [4.69, 9.17) is 0 Å². The maximum Gasteiger partial charge on any atom is 0.0964 e. The van der Waals surface area contributed by atoms with Gasteiger partial charge in [0.15, 0.2) is 0 Å². The number of benzene rings is 1. The van der Waals surface area contributed by atoms with Crippen LogP contribution in [0.2, 0.25) is 0 Å². The molecule has 0 aliphatic carbocycles. The zero-order valence-electron chi connectivity index (χ0n) is 10.3. The Morgan fingerprint density at radius 1 is 1.33 bits per heavy atom. The Morgan fingerprint density at radius 2 is 2.11 bits per heavy atom. The van der Waals surface area contributed by atoms with Crippen LogP contribution in [0.1, 0.15) is 17.8 Å². The molecule has 2 aromatic rings. The van der Waals surface area contributed by atoms with Crippen molar-refractivity contribution in [3.05, 3.63) is 29.3 Å². The largest absolute Gasteiger partial charge is 0.392 e. The lowest BCUT2D eigenvalue weighted by atomic mass is 9.91. The van der Waals surface area contributed by atoms with Crippen LogP contribution in [0.4, 0.5) is 0 Å². The predicted molar refractivity (Wildman–Crippen MR) is 74.9 cm³/mol. The molecule has 1 saturated heterocycles. The van der Waals surface area contributed by atoms with E-state index < -0.39 is 0 Å². The molecule has 0 bridgehead atoms. The molecule has 3 rings (SSSR count). The first-order valence-corrected chi connectivity index (χ1v) is 7.38. The molecule has 1 aromatic heterocycles. The number of hydrogen-bond acceptors (Lipinski definition) is 4. The Kier molecular flexibility index (Phi) is 3.59. The third kappa shape index (κ3) is 2.55. The number of piperidine rings is 1. The number of thiazole rings is 1. The van der Waals surface area contributed by atoms with Gasteiger partial charge in [0.25, 0.3) is 0 Å². The summed E-state index contributed by atoms with van der Waals surface area (Å²) in [6, 6.07) is 8.17. The summed E-state index contributed by atoms with van der Waals surface area (Å²) in [5.41, 5.74) is 1.05. The maximum absolute atomic E-state index is 10.3. The van der Waals surface area contributed by atoms with Crippen LogP contribution in [0.5, 0.6) is 0 Å². The summed E-state index contributed by atoms with van der Waals surface area (Å²) in [6.45, 7) is 2.06. The zero-order valence-corrected chi connectivity index (χ0v) is 11.1. The average molecular weight is 262 g/mol. The number of fused-ring (bicyclic) bond motifs is 1. The van der Waals surface area contributed by atoms with Gasteiger partial charge in [0.1, 0.15) is 0 Å². The minimum atomic E-state index is -0.243. The highest BCUT2D eigenvalue weighted by molar-refractivity contribution is 7.18. The molecular weight excluding hydrogens is 244 g/mol. The molecule has 1 atom stereocenters. The standard InChI is InChI=1S/C14H18N2OS/c17-12(10-5-7-15-8-6-10)9-14-16-11-3-1-2-4-13(11)18-14/h1-4,10,12,15,17H,5-9H2. The van der Waals surface area contributed by atoms with Crippen LogP contribution in [0.15, 0.2) is 24.3 Å². The van der Waals surface area contributed by atoms with E-state index in [1.165, 1.54) is 4.70 Å². The molecule has 0 spiro atoms. The van der Waals surface area contributed by atoms with E-state index >= 15 is 0 Å². The van der Waals surface area contributed by atoms with Crippen molar-refractivity contribution in [2.45, 2.75) is 25.4 Å². The SMILES string of the molecule is OC(Cc1nc2ccccc2s1)C1CCNCC1. The van der Waals surface area contributed by atoms with Crippen LogP contribution in [-0.4, -0.2) is 29.3 Å². The summed E-state index contributed by atoms with van der Waals surface area (Å²) in [6.07, 6.45) is 2.61. The van der Waals surface area contributed by atoms with Crippen LogP contribution >= 0.6 is 11.3 Å². The van der Waals surface area contributed by atoms with Crippen molar-refractivity contribution in [1.82, 2.24) is 10.3 Å². The summed E-state index contributed by atoms with van der Waals surface area (Å²) in [4.78, 5) is 4.59. The lowest BCUT2D eigenvalue weighted by molar-refractivity contribution is 0.0890. The third-order valence-electron chi connectivity index (χ3n) is 3.65. The van der Waals surface area contributed by atoms with Gasteiger partial charge >= 0.3 is 0 Å². The van der Waals surface area contributed by atoms with Gasteiger partial charge in [-0.3, -0.25) is 0 Å². The molecule has 96 valence electrons. The second-order valence-electron chi connectivity index (χ2n) is 4.93. The molecular formula is C14H18N2OS. The van der Waals surface area contributed by atoms with E-state index in [9.17, 15) is 5.11 Å². The van der Waals surface area contributed by atoms with Crippen LogP contribution in [0, 0.1) is 5.92 Å². The van der Waals surface area contributed by atoms with E-state index in [1.807, 2.05) is 18.2 Å². The molecule has 0 radical (unpaired) electrons. The molecule has 2 heterocycles. The first-order valence-electron chi connectivity index (χ1n) is 6.56. The summed E-state index contributed by atoms with van der Waals surface area (Å²) in [7, 11) is 0. The van der Waals surface area contributed by atoms with E-state index in [-0.39, 0.29) is 6.10 Å². The van der Waals surface area contributed by atoms with E-state index in [2.05, 4.69) is 16.4 Å². The number of nitrogens with one attached hydrogen (secondary N) is 1. The number of hydrogen-bond donors (Lipinski definition) is 2. The van der Waals surface area contributed by atoms with Gasteiger partial charge in [0, 0.05) is 6.42 Å². The Labute approximate surface area is 111 Å². The summed E-state index contributed by atoms with van der Waals surface area (Å²) >= 11 is 1.70. The van der Waals surface area contributed by atoms with Crippen LogP contribution < -0.4 is 5.32 Å². The molecule has 18 heavy (non-hydrogen) atoms. The minimum absolute atomic E-state index is 0.243. The van der Waals surface area contributed by atoms with Gasteiger partial charge < -0.3 is 10.4 Å². The van der Waals surface area contributed by atoms with Crippen molar-refractivity contribution in [1.29, 1.82) is 0 Å². The van der Waals surface area contributed by atoms with Crippen LogP contribution in [-0.2, 0) is 6.42 Å². The Hall–Kier alpha value is -0.970. The smallest absolute Gasteiger partial charge is 0.0964 e. The number of aromatic nitrogens is 1. The summed E-state index contributed by atoms with van der Waals surface area (Å²) < 4.78 is 1.21. The van der Waals surface area contributed by atoms with Crippen molar-refractivity contribution in [3.8, 4) is 0 Å². The summed E-state index contributed by atoms with van der Waals surface area (Å²) in [5, 5.41) is 14.7. The zero-order chi connectivity index (χ0) is 12.4. The highest BCUT2D eigenvalue weighted by Crippen LogP contribution is 2.25. The molecule has 1 unspecified atom stereocenters. The van der Waals surface area contributed by atoms with E-state index in [0.717, 1.165) is 36.5 Å². The van der Waals surface area contributed by atoms with Crippen molar-refractivity contribution in [3.63, 3.8) is 0 Å². The van der Waals surface area contributed by atoms with Crippen molar-refractivity contribution >= 4 is 21.6 Å². The molecule has 4 heteroatoms.